The maximum atomic E-state index is 13.4. The molecule has 1 aromatic heterocycles. The normalized spacial score (nSPS) is 16.8. The molecule has 0 radical (unpaired) electrons. The second-order valence-electron chi connectivity index (χ2n) is 8.33. The van der Waals surface area contributed by atoms with Crippen LogP contribution in [-0.4, -0.2) is 67.2 Å². The second-order valence-corrected chi connectivity index (χ2v) is 8.33. The number of nitrogens with zero attached hydrogens (tertiary/aromatic N) is 2. The van der Waals surface area contributed by atoms with Crippen molar-refractivity contribution in [2.24, 2.45) is 0 Å². The molecule has 3 rings (SSSR count). The van der Waals surface area contributed by atoms with Crippen molar-refractivity contribution in [1.29, 1.82) is 0 Å². The highest BCUT2D eigenvalue weighted by Gasteiger charge is 2.30. The molecule has 1 aliphatic rings. The summed E-state index contributed by atoms with van der Waals surface area (Å²) in [5.41, 5.74) is 1.17. The number of ether oxygens (including phenoxy) is 2. The number of amides is 1. The van der Waals surface area contributed by atoms with Gasteiger partial charge in [-0.1, -0.05) is 30.3 Å². The SMILES string of the molecule is COC(=O)C(C)N(CC(=O)N(CCc1ccccc1)Cc1ccc(C)o1)CC1CCCO1. The van der Waals surface area contributed by atoms with E-state index >= 15 is 0 Å². The molecule has 0 N–H and O–H groups in total. The molecule has 2 heterocycles. The summed E-state index contributed by atoms with van der Waals surface area (Å²) in [5.74, 6) is 1.16. The largest absolute Gasteiger partial charge is 0.468 e. The fourth-order valence-corrected chi connectivity index (χ4v) is 3.96. The Balaban J connectivity index is 1.72. The number of hydrogen-bond acceptors (Lipinski definition) is 6. The highest BCUT2D eigenvalue weighted by Crippen LogP contribution is 2.17. The molecule has 7 heteroatoms. The molecule has 2 aromatic rings. The number of carbonyl (C=O) groups excluding carboxylic acids is 2. The van der Waals surface area contributed by atoms with Crippen LogP contribution in [-0.2, 0) is 32.0 Å². The maximum Gasteiger partial charge on any atom is 0.322 e. The van der Waals surface area contributed by atoms with Crippen LogP contribution in [0.2, 0.25) is 0 Å². The molecule has 1 aromatic carbocycles. The van der Waals surface area contributed by atoms with E-state index in [1.165, 1.54) is 12.7 Å². The van der Waals surface area contributed by atoms with Crippen LogP contribution in [0.5, 0.6) is 0 Å². The summed E-state index contributed by atoms with van der Waals surface area (Å²) in [6.07, 6.45) is 2.70. The van der Waals surface area contributed by atoms with Crippen LogP contribution in [0.1, 0.15) is 36.8 Å². The van der Waals surface area contributed by atoms with E-state index in [1.54, 1.807) is 11.8 Å². The second kappa shape index (κ2) is 11.8. The molecule has 1 saturated heterocycles. The van der Waals surface area contributed by atoms with Gasteiger partial charge >= 0.3 is 5.97 Å². The Hall–Kier alpha value is -2.64. The minimum atomic E-state index is -0.532. The van der Waals surface area contributed by atoms with Gasteiger partial charge in [-0.25, -0.2) is 0 Å². The van der Waals surface area contributed by atoms with Gasteiger partial charge in [-0.3, -0.25) is 14.5 Å². The lowest BCUT2D eigenvalue weighted by Gasteiger charge is -2.31. The lowest BCUT2D eigenvalue weighted by Crippen LogP contribution is -2.49. The van der Waals surface area contributed by atoms with Crippen LogP contribution in [0.15, 0.2) is 46.9 Å². The van der Waals surface area contributed by atoms with Gasteiger partial charge in [0.05, 0.1) is 26.3 Å². The number of rotatable bonds is 11. The molecule has 0 saturated carbocycles. The topological polar surface area (TPSA) is 72.2 Å². The first-order valence-electron chi connectivity index (χ1n) is 11.3. The highest BCUT2D eigenvalue weighted by molar-refractivity contribution is 5.80. The third-order valence-corrected chi connectivity index (χ3v) is 5.90. The van der Waals surface area contributed by atoms with Crippen molar-refractivity contribution < 1.29 is 23.5 Å². The Morgan fingerprint density at radius 3 is 2.59 bits per heavy atom. The number of benzene rings is 1. The van der Waals surface area contributed by atoms with Gasteiger partial charge in [0.25, 0.3) is 0 Å². The molecule has 0 spiro atoms. The molecule has 1 amide bonds. The summed E-state index contributed by atoms with van der Waals surface area (Å²) >= 11 is 0. The molecule has 2 atom stereocenters. The van der Waals surface area contributed by atoms with E-state index < -0.39 is 6.04 Å². The quantitative estimate of drug-likeness (QED) is 0.498. The smallest absolute Gasteiger partial charge is 0.322 e. The number of aryl methyl sites for hydroxylation is 1. The number of hydrogen-bond donors (Lipinski definition) is 0. The van der Waals surface area contributed by atoms with E-state index in [0.717, 1.165) is 37.4 Å². The Bertz CT molecular complexity index is 860. The summed E-state index contributed by atoms with van der Waals surface area (Å²) in [6, 6.07) is 13.4. The van der Waals surface area contributed by atoms with Crippen molar-refractivity contribution >= 4 is 11.9 Å². The number of esters is 1. The zero-order valence-corrected chi connectivity index (χ0v) is 19.3. The van der Waals surface area contributed by atoms with Gasteiger partial charge < -0.3 is 18.8 Å². The van der Waals surface area contributed by atoms with Crippen molar-refractivity contribution in [2.75, 3.05) is 33.4 Å². The van der Waals surface area contributed by atoms with E-state index in [0.29, 0.717) is 19.6 Å². The van der Waals surface area contributed by atoms with Gasteiger partial charge in [0.15, 0.2) is 0 Å². The fraction of sp³-hybridized carbons (Fsp3) is 0.520. The third kappa shape index (κ3) is 6.93. The predicted molar refractivity (Wildman–Crippen MR) is 121 cm³/mol. The average molecular weight is 443 g/mol. The van der Waals surface area contributed by atoms with E-state index in [9.17, 15) is 9.59 Å². The first-order valence-corrected chi connectivity index (χ1v) is 11.3. The van der Waals surface area contributed by atoms with Crippen LogP contribution in [0, 0.1) is 6.92 Å². The molecule has 174 valence electrons. The summed E-state index contributed by atoms with van der Waals surface area (Å²) < 4.78 is 16.4. The Morgan fingerprint density at radius 2 is 1.97 bits per heavy atom. The first kappa shape index (κ1) is 24.0. The monoisotopic (exact) mass is 442 g/mol. The molecule has 7 nitrogen and oxygen atoms in total. The van der Waals surface area contributed by atoms with Crippen molar-refractivity contribution in [1.82, 2.24) is 9.80 Å². The Kier molecular flexibility index (Phi) is 8.88. The summed E-state index contributed by atoms with van der Waals surface area (Å²) in [4.78, 5) is 29.3. The first-order chi connectivity index (χ1) is 15.5. The van der Waals surface area contributed by atoms with E-state index in [4.69, 9.17) is 13.9 Å². The van der Waals surface area contributed by atoms with Gasteiger partial charge in [0, 0.05) is 19.7 Å². The van der Waals surface area contributed by atoms with Crippen LogP contribution in [0.25, 0.3) is 0 Å². The lowest BCUT2D eigenvalue weighted by molar-refractivity contribution is -0.148. The van der Waals surface area contributed by atoms with Crippen LogP contribution in [0.4, 0.5) is 0 Å². The molecule has 32 heavy (non-hydrogen) atoms. The van der Waals surface area contributed by atoms with Crippen molar-refractivity contribution in [3.63, 3.8) is 0 Å². The Labute approximate surface area is 190 Å². The summed E-state index contributed by atoms with van der Waals surface area (Å²) in [6.45, 7) is 5.97. The number of methoxy groups -OCH3 is 1. The van der Waals surface area contributed by atoms with Gasteiger partial charge in [0.2, 0.25) is 5.91 Å². The molecule has 2 unspecified atom stereocenters. The third-order valence-electron chi connectivity index (χ3n) is 5.90. The highest BCUT2D eigenvalue weighted by atomic mass is 16.5. The molecule has 0 aliphatic carbocycles. The van der Waals surface area contributed by atoms with Crippen LogP contribution in [0.3, 0.4) is 0 Å². The average Bonchev–Trinajstić information content (AvgIpc) is 3.47. The van der Waals surface area contributed by atoms with Crippen molar-refractivity contribution in [2.45, 2.75) is 51.8 Å². The maximum absolute atomic E-state index is 13.4. The Morgan fingerprint density at radius 1 is 1.19 bits per heavy atom. The zero-order valence-electron chi connectivity index (χ0n) is 19.3. The standard InChI is InChI=1S/C25H34N2O5/c1-19-11-12-23(32-19)17-26(14-13-21-8-5-4-6-9-21)24(28)18-27(20(2)25(29)30-3)16-22-10-7-15-31-22/h4-6,8-9,11-12,20,22H,7,10,13-18H2,1-3H3. The van der Waals surface area contributed by atoms with Gasteiger partial charge in [-0.2, -0.15) is 0 Å². The molecular weight excluding hydrogens is 408 g/mol. The summed E-state index contributed by atoms with van der Waals surface area (Å²) in [7, 11) is 1.37. The molecular formula is C25H34N2O5. The van der Waals surface area contributed by atoms with Gasteiger partial charge in [0.1, 0.15) is 17.6 Å². The molecule has 1 fully saturated rings. The van der Waals surface area contributed by atoms with Gasteiger partial charge in [-0.05, 0) is 50.8 Å². The van der Waals surface area contributed by atoms with E-state index in [2.05, 4.69) is 12.1 Å². The molecule has 0 bridgehead atoms. The number of furan rings is 1. The van der Waals surface area contributed by atoms with Crippen LogP contribution < -0.4 is 0 Å². The van der Waals surface area contributed by atoms with E-state index in [1.807, 2.05) is 42.2 Å². The predicted octanol–water partition coefficient (Wildman–Crippen LogP) is 3.20. The molecule has 1 aliphatic heterocycles. The van der Waals surface area contributed by atoms with Crippen molar-refractivity contribution in [3.05, 3.63) is 59.5 Å². The minimum Gasteiger partial charge on any atom is -0.468 e. The van der Waals surface area contributed by atoms with E-state index in [-0.39, 0.29) is 24.5 Å². The summed E-state index contributed by atoms with van der Waals surface area (Å²) in [5, 5.41) is 0. The minimum absolute atomic E-state index is 0.0281. The number of carbonyl (C=O) groups is 2. The van der Waals surface area contributed by atoms with Crippen molar-refractivity contribution in [3.8, 4) is 0 Å². The lowest BCUT2D eigenvalue weighted by atomic mass is 10.1. The zero-order chi connectivity index (χ0) is 22.9. The van der Waals surface area contributed by atoms with Crippen LogP contribution >= 0.6 is 0 Å². The van der Waals surface area contributed by atoms with Gasteiger partial charge in [-0.15, -0.1) is 0 Å². The fourth-order valence-electron chi connectivity index (χ4n) is 3.96.